The van der Waals surface area contributed by atoms with Crippen LogP contribution < -0.4 is 0 Å². The molecule has 1 aliphatic heterocycles. The van der Waals surface area contributed by atoms with Gasteiger partial charge in [-0.15, -0.1) is 0 Å². The Morgan fingerprint density at radius 1 is 1.00 bits per heavy atom. The van der Waals surface area contributed by atoms with E-state index in [0.29, 0.717) is 39.0 Å². The summed E-state index contributed by atoms with van der Waals surface area (Å²) >= 11 is 0. The van der Waals surface area contributed by atoms with Crippen LogP contribution in [0.1, 0.15) is 32.6 Å². The molecule has 1 atom stereocenters. The van der Waals surface area contributed by atoms with E-state index in [2.05, 4.69) is 11.8 Å². The Morgan fingerprint density at radius 2 is 1.67 bits per heavy atom. The average molecular weight is 303 g/mol. The molecule has 1 unspecified atom stereocenters. The van der Waals surface area contributed by atoms with Crippen LogP contribution >= 0.6 is 0 Å². The van der Waals surface area contributed by atoms with Crippen LogP contribution in [0.15, 0.2) is 0 Å². The van der Waals surface area contributed by atoms with Gasteiger partial charge in [0.05, 0.1) is 33.0 Å². The quantitative estimate of drug-likeness (QED) is 0.493. The van der Waals surface area contributed by atoms with E-state index < -0.39 is 0 Å². The Morgan fingerprint density at radius 3 is 2.33 bits per heavy atom. The van der Waals surface area contributed by atoms with Gasteiger partial charge in [-0.1, -0.05) is 13.3 Å². The van der Waals surface area contributed by atoms with Gasteiger partial charge in [0.1, 0.15) is 0 Å². The van der Waals surface area contributed by atoms with Crippen molar-refractivity contribution in [1.82, 2.24) is 4.90 Å². The first-order valence-electron chi connectivity index (χ1n) is 8.43. The first-order chi connectivity index (χ1) is 10.4. The fraction of sp³-hybridized carbons (Fsp3) is 1.00. The van der Waals surface area contributed by atoms with E-state index in [1.54, 1.807) is 0 Å². The van der Waals surface area contributed by atoms with Crippen LogP contribution in [0.2, 0.25) is 0 Å². The van der Waals surface area contributed by atoms with Crippen molar-refractivity contribution in [3.63, 3.8) is 0 Å². The minimum Gasteiger partial charge on any atom is -0.396 e. The van der Waals surface area contributed by atoms with Crippen molar-refractivity contribution in [3.8, 4) is 0 Å². The third kappa shape index (κ3) is 10.2. The molecule has 1 rings (SSSR count). The van der Waals surface area contributed by atoms with E-state index in [9.17, 15) is 0 Å². The number of rotatable bonds is 14. The van der Waals surface area contributed by atoms with Gasteiger partial charge in [0.15, 0.2) is 0 Å². The molecule has 1 saturated heterocycles. The standard InChI is InChI=1S/C16H33NO4/c1-2-3-9-19-11-13-21-14-12-20-10-7-17-6-4-16(15-17)5-8-18/h16,18H,2-15H2,1H3. The van der Waals surface area contributed by atoms with Gasteiger partial charge in [-0.05, 0) is 31.7 Å². The number of aliphatic hydroxyl groups is 1. The maximum atomic E-state index is 8.92. The molecule has 0 aliphatic carbocycles. The summed E-state index contributed by atoms with van der Waals surface area (Å²) in [6, 6.07) is 0. The predicted molar refractivity (Wildman–Crippen MR) is 83.6 cm³/mol. The highest BCUT2D eigenvalue weighted by Gasteiger charge is 2.21. The van der Waals surface area contributed by atoms with Crippen molar-refractivity contribution in [1.29, 1.82) is 0 Å². The number of ether oxygens (including phenoxy) is 3. The highest BCUT2D eigenvalue weighted by atomic mass is 16.5. The second-order valence-corrected chi connectivity index (χ2v) is 5.66. The number of hydrogen-bond donors (Lipinski definition) is 1. The first kappa shape index (κ1) is 18.8. The summed E-state index contributed by atoms with van der Waals surface area (Å²) in [6.45, 7) is 9.94. The molecule has 1 N–H and O–H groups in total. The Balaban J connectivity index is 1.77. The summed E-state index contributed by atoms with van der Waals surface area (Å²) in [5.74, 6) is 0.672. The molecular formula is C16H33NO4. The number of hydrogen-bond acceptors (Lipinski definition) is 5. The van der Waals surface area contributed by atoms with E-state index in [4.69, 9.17) is 19.3 Å². The van der Waals surface area contributed by atoms with Crippen LogP contribution in [-0.4, -0.2) is 75.9 Å². The third-order valence-electron chi connectivity index (χ3n) is 3.85. The summed E-state index contributed by atoms with van der Waals surface area (Å²) < 4.78 is 16.4. The zero-order chi connectivity index (χ0) is 15.2. The lowest BCUT2D eigenvalue weighted by molar-refractivity contribution is 0.0109. The van der Waals surface area contributed by atoms with Gasteiger partial charge in [0, 0.05) is 26.3 Å². The summed E-state index contributed by atoms with van der Waals surface area (Å²) in [5.41, 5.74) is 0. The Kier molecular flexibility index (Phi) is 12.1. The van der Waals surface area contributed by atoms with Crippen molar-refractivity contribution in [3.05, 3.63) is 0 Å². The fourth-order valence-electron chi connectivity index (χ4n) is 2.52. The molecule has 0 bridgehead atoms. The lowest BCUT2D eigenvalue weighted by Gasteiger charge is -2.15. The van der Waals surface area contributed by atoms with E-state index in [-0.39, 0.29) is 0 Å². The second-order valence-electron chi connectivity index (χ2n) is 5.66. The molecule has 5 nitrogen and oxygen atoms in total. The highest BCUT2D eigenvalue weighted by Crippen LogP contribution is 2.18. The molecule has 0 spiro atoms. The molecule has 0 radical (unpaired) electrons. The molecular weight excluding hydrogens is 270 g/mol. The second kappa shape index (κ2) is 13.5. The lowest BCUT2D eigenvalue weighted by Crippen LogP contribution is -2.26. The monoisotopic (exact) mass is 303 g/mol. The van der Waals surface area contributed by atoms with Crippen molar-refractivity contribution in [2.24, 2.45) is 5.92 Å². The zero-order valence-electron chi connectivity index (χ0n) is 13.6. The van der Waals surface area contributed by atoms with Gasteiger partial charge in [0.2, 0.25) is 0 Å². The molecule has 0 saturated carbocycles. The maximum absolute atomic E-state index is 8.92. The molecule has 1 aliphatic rings. The Bertz CT molecular complexity index is 228. The number of aliphatic hydroxyl groups excluding tert-OH is 1. The molecule has 0 aromatic carbocycles. The average Bonchev–Trinajstić information content (AvgIpc) is 2.93. The van der Waals surface area contributed by atoms with Gasteiger partial charge in [-0.2, -0.15) is 0 Å². The first-order valence-corrected chi connectivity index (χ1v) is 8.43. The maximum Gasteiger partial charge on any atom is 0.0701 e. The molecule has 21 heavy (non-hydrogen) atoms. The van der Waals surface area contributed by atoms with Gasteiger partial charge in [-0.25, -0.2) is 0 Å². The minimum atomic E-state index is 0.314. The molecule has 0 aromatic heterocycles. The topological polar surface area (TPSA) is 51.2 Å². The van der Waals surface area contributed by atoms with Gasteiger partial charge in [0.25, 0.3) is 0 Å². The predicted octanol–water partition coefficient (Wildman–Crippen LogP) is 1.54. The Hall–Kier alpha value is -0.200. The zero-order valence-corrected chi connectivity index (χ0v) is 13.6. The molecule has 1 heterocycles. The molecule has 126 valence electrons. The largest absolute Gasteiger partial charge is 0.396 e. The Labute approximate surface area is 129 Å². The SMILES string of the molecule is CCCCOCCOCCOCCN1CCC(CCO)C1. The minimum absolute atomic E-state index is 0.314. The summed E-state index contributed by atoms with van der Waals surface area (Å²) in [6.07, 6.45) is 4.44. The van der Waals surface area contributed by atoms with Crippen LogP contribution in [0.3, 0.4) is 0 Å². The number of likely N-dealkylation sites (tertiary alicyclic amines) is 1. The van der Waals surface area contributed by atoms with Crippen LogP contribution in [0.25, 0.3) is 0 Å². The van der Waals surface area contributed by atoms with Crippen LogP contribution in [0.4, 0.5) is 0 Å². The van der Waals surface area contributed by atoms with E-state index in [1.807, 2.05) is 0 Å². The number of nitrogens with zero attached hydrogens (tertiary/aromatic N) is 1. The van der Waals surface area contributed by atoms with Crippen molar-refractivity contribution < 1.29 is 19.3 Å². The van der Waals surface area contributed by atoms with E-state index >= 15 is 0 Å². The van der Waals surface area contributed by atoms with Crippen molar-refractivity contribution in [2.75, 3.05) is 65.9 Å². The summed E-state index contributed by atoms with van der Waals surface area (Å²) in [5, 5.41) is 8.92. The molecule has 5 heteroatoms. The fourth-order valence-corrected chi connectivity index (χ4v) is 2.52. The van der Waals surface area contributed by atoms with Crippen LogP contribution in [0.5, 0.6) is 0 Å². The molecule has 0 aromatic rings. The lowest BCUT2D eigenvalue weighted by atomic mass is 10.1. The van der Waals surface area contributed by atoms with Gasteiger partial charge >= 0.3 is 0 Å². The molecule has 0 amide bonds. The summed E-state index contributed by atoms with van der Waals surface area (Å²) in [7, 11) is 0. The smallest absolute Gasteiger partial charge is 0.0701 e. The van der Waals surface area contributed by atoms with Gasteiger partial charge < -0.3 is 24.2 Å². The third-order valence-corrected chi connectivity index (χ3v) is 3.85. The molecule has 1 fully saturated rings. The van der Waals surface area contributed by atoms with Crippen molar-refractivity contribution >= 4 is 0 Å². The summed E-state index contributed by atoms with van der Waals surface area (Å²) in [4.78, 5) is 2.42. The van der Waals surface area contributed by atoms with Crippen molar-refractivity contribution in [2.45, 2.75) is 32.6 Å². The van der Waals surface area contributed by atoms with Crippen LogP contribution in [-0.2, 0) is 14.2 Å². The van der Waals surface area contributed by atoms with Gasteiger partial charge in [-0.3, -0.25) is 0 Å². The highest BCUT2D eigenvalue weighted by molar-refractivity contribution is 4.74. The number of unbranched alkanes of at least 4 members (excludes halogenated alkanes) is 1. The van der Waals surface area contributed by atoms with E-state index in [1.165, 1.54) is 12.8 Å². The van der Waals surface area contributed by atoms with E-state index in [0.717, 1.165) is 45.7 Å². The normalized spacial score (nSPS) is 19.4. The van der Waals surface area contributed by atoms with Crippen LogP contribution in [0, 0.1) is 5.92 Å².